The first-order chi connectivity index (χ1) is 9.59. The number of rotatable bonds is 2. The number of alkyl halides is 1. The number of hydrogen-bond donors (Lipinski definition) is 0. The molecule has 1 atom stereocenters. The molecule has 3 rings (SSSR count). The predicted octanol–water partition coefficient (Wildman–Crippen LogP) is 2.58. The van der Waals surface area contributed by atoms with Gasteiger partial charge in [-0.15, -0.1) is 11.6 Å². The summed E-state index contributed by atoms with van der Waals surface area (Å²) in [5.74, 6) is 1.62. The average molecular weight is 296 g/mol. The van der Waals surface area contributed by atoms with Crippen LogP contribution in [0.1, 0.15) is 37.9 Å². The SMILES string of the molecule is CC1(C)CN(c2ncnc3c2CCCC3)CC(CCl)O1. The Labute approximate surface area is 125 Å². The second-order valence-corrected chi connectivity index (χ2v) is 6.67. The van der Waals surface area contributed by atoms with Crippen LogP contribution in [0, 0.1) is 0 Å². The van der Waals surface area contributed by atoms with Crippen molar-refractivity contribution in [2.45, 2.75) is 51.2 Å². The van der Waals surface area contributed by atoms with Gasteiger partial charge in [-0.25, -0.2) is 9.97 Å². The van der Waals surface area contributed by atoms with Crippen LogP contribution >= 0.6 is 11.6 Å². The third-order valence-electron chi connectivity index (χ3n) is 4.06. The monoisotopic (exact) mass is 295 g/mol. The smallest absolute Gasteiger partial charge is 0.135 e. The van der Waals surface area contributed by atoms with Gasteiger partial charge in [0, 0.05) is 24.3 Å². The van der Waals surface area contributed by atoms with Gasteiger partial charge in [-0.05, 0) is 39.5 Å². The van der Waals surface area contributed by atoms with E-state index in [0.717, 1.165) is 31.7 Å². The van der Waals surface area contributed by atoms with Gasteiger partial charge in [-0.3, -0.25) is 0 Å². The summed E-state index contributed by atoms with van der Waals surface area (Å²) < 4.78 is 6.00. The molecular weight excluding hydrogens is 274 g/mol. The van der Waals surface area contributed by atoms with E-state index in [1.807, 2.05) is 0 Å². The summed E-state index contributed by atoms with van der Waals surface area (Å²) in [5, 5.41) is 0. The van der Waals surface area contributed by atoms with Crippen LogP contribution in [0.25, 0.3) is 0 Å². The maximum atomic E-state index is 6.02. The molecule has 0 radical (unpaired) electrons. The van der Waals surface area contributed by atoms with Crippen molar-refractivity contribution in [3.63, 3.8) is 0 Å². The van der Waals surface area contributed by atoms with Crippen LogP contribution in [-0.2, 0) is 17.6 Å². The Morgan fingerprint density at radius 1 is 1.35 bits per heavy atom. The van der Waals surface area contributed by atoms with E-state index in [-0.39, 0.29) is 11.7 Å². The molecule has 1 aromatic heterocycles. The Bertz CT molecular complexity index is 492. The number of aryl methyl sites for hydroxylation is 1. The molecule has 2 heterocycles. The first-order valence-electron chi connectivity index (χ1n) is 7.40. The summed E-state index contributed by atoms with van der Waals surface area (Å²) in [7, 11) is 0. The minimum absolute atomic E-state index is 0.0645. The molecule has 1 aliphatic carbocycles. The van der Waals surface area contributed by atoms with E-state index in [9.17, 15) is 0 Å². The molecule has 2 aliphatic rings. The molecule has 0 saturated carbocycles. The lowest BCUT2D eigenvalue weighted by Gasteiger charge is -2.43. The maximum Gasteiger partial charge on any atom is 0.135 e. The highest BCUT2D eigenvalue weighted by Crippen LogP contribution is 2.31. The molecule has 0 amide bonds. The van der Waals surface area contributed by atoms with Crippen LogP contribution in [0.5, 0.6) is 0 Å². The van der Waals surface area contributed by atoms with Crippen LogP contribution in [0.15, 0.2) is 6.33 Å². The van der Waals surface area contributed by atoms with Crippen molar-refractivity contribution >= 4 is 17.4 Å². The lowest BCUT2D eigenvalue weighted by molar-refractivity contribution is -0.0736. The number of nitrogens with zero attached hydrogens (tertiary/aromatic N) is 3. The second kappa shape index (κ2) is 5.49. The van der Waals surface area contributed by atoms with Gasteiger partial charge in [0.1, 0.15) is 12.1 Å². The average Bonchev–Trinajstić information content (AvgIpc) is 2.45. The summed E-state index contributed by atoms with van der Waals surface area (Å²) in [6.07, 6.45) is 6.42. The number of anilines is 1. The van der Waals surface area contributed by atoms with Crippen LogP contribution < -0.4 is 4.90 Å². The summed E-state index contributed by atoms with van der Waals surface area (Å²) >= 11 is 6.02. The van der Waals surface area contributed by atoms with E-state index in [0.29, 0.717) is 5.88 Å². The van der Waals surface area contributed by atoms with Gasteiger partial charge < -0.3 is 9.64 Å². The maximum absolute atomic E-state index is 6.02. The van der Waals surface area contributed by atoms with Gasteiger partial charge >= 0.3 is 0 Å². The Morgan fingerprint density at radius 3 is 2.95 bits per heavy atom. The summed E-state index contributed by atoms with van der Waals surface area (Å²) in [6, 6.07) is 0. The Kier molecular flexibility index (Phi) is 3.87. The van der Waals surface area contributed by atoms with E-state index < -0.39 is 0 Å². The molecule has 1 aromatic rings. The summed E-state index contributed by atoms with van der Waals surface area (Å²) in [5.41, 5.74) is 2.38. The largest absolute Gasteiger partial charge is 0.367 e. The molecule has 1 fully saturated rings. The molecule has 0 N–H and O–H groups in total. The second-order valence-electron chi connectivity index (χ2n) is 6.36. The minimum atomic E-state index is -0.190. The number of aromatic nitrogens is 2. The van der Waals surface area contributed by atoms with Crippen LogP contribution in [0.3, 0.4) is 0 Å². The lowest BCUT2D eigenvalue weighted by atomic mass is 9.95. The normalized spacial score (nSPS) is 25.4. The third kappa shape index (κ3) is 2.77. The highest BCUT2D eigenvalue weighted by molar-refractivity contribution is 6.18. The number of hydrogen-bond acceptors (Lipinski definition) is 4. The van der Waals surface area contributed by atoms with Crippen molar-refractivity contribution in [1.29, 1.82) is 0 Å². The molecule has 4 nitrogen and oxygen atoms in total. The lowest BCUT2D eigenvalue weighted by Crippen LogP contribution is -2.54. The van der Waals surface area contributed by atoms with E-state index >= 15 is 0 Å². The van der Waals surface area contributed by atoms with Crippen LogP contribution in [0.4, 0.5) is 5.82 Å². The molecule has 0 spiro atoms. The van der Waals surface area contributed by atoms with Gasteiger partial charge in [0.05, 0.1) is 17.6 Å². The van der Waals surface area contributed by atoms with Crippen molar-refractivity contribution < 1.29 is 4.74 Å². The van der Waals surface area contributed by atoms with Gasteiger partial charge in [-0.1, -0.05) is 0 Å². The number of morpholine rings is 1. The first-order valence-corrected chi connectivity index (χ1v) is 7.94. The standard InChI is InChI=1S/C15H22ClN3O/c1-15(2)9-19(8-11(7-16)20-15)14-12-5-3-4-6-13(12)17-10-18-14/h10-11H,3-9H2,1-2H3. The third-order valence-corrected chi connectivity index (χ3v) is 4.40. The molecular formula is C15H22ClN3O. The molecule has 1 aliphatic heterocycles. The number of halogens is 1. The molecule has 0 aromatic carbocycles. The predicted molar refractivity (Wildman–Crippen MR) is 80.6 cm³/mol. The van der Waals surface area contributed by atoms with Crippen molar-refractivity contribution in [1.82, 2.24) is 9.97 Å². The summed E-state index contributed by atoms with van der Waals surface area (Å²) in [6.45, 7) is 5.90. The zero-order valence-corrected chi connectivity index (χ0v) is 13.0. The molecule has 0 bridgehead atoms. The molecule has 110 valence electrons. The van der Waals surface area contributed by atoms with E-state index in [2.05, 4.69) is 28.7 Å². The van der Waals surface area contributed by atoms with E-state index in [4.69, 9.17) is 16.3 Å². The number of ether oxygens (including phenoxy) is 1. The van der Waals surface area contributed by atoms with Crippen molar-refractivity contribution in [3.8, 4) is 0 Å². The molecule has 1 saturated heterocycles. The zero-order valence-electron chi connectivity index (χ0n) is 12.2. The van der Waals surface area contributed by atoms with Gasteiger partial charge in [0.2, 0.25) is 0 Å². The van der Waals surface area contributed by atoms with E-state index in [1.54, 1.807) is 6.33 Å². The van der Waals surface area contributed by atoms with Crippen LogP contribution in [-0.4, -0.2) is 40.6 Å². The van der Waals surface area contributed by atoms with Gasteiger partial charge in [-0.2, -0.15) is 0 Å². The van der Waals surface area contributed by atoms with Crippen molar-refractivity contribution in [2.24, 2.45) is 0 Å². The topological polar surface area (TPSA) is 38.2 Å². The fourth-order valence-electron chi connectivity index (χ4n) is 3.31. The molecule has 1 unspecified atom stereocenters. The fraction of sp³-hybridized carbons (Fsp3) is 0.733. The molecule has 20 heavy (non-hydrogen) atoms. The van der Waals surface area contributed by atoms with E-state index in [1.165, 1.54) is 24.1 Å². The Balaban J connectivity index is 1.92. The van der Waals surface area contributed by atoms with Crippen LogP contribution in [0.2, 0.25) is 0 Å². The van der Waals surface area contributed by atoms with Crippen molar-refractivity contribution in [2.75, 3.05) is 23.9 Å². The fourth-order valence-corrected chi connectivity index (χ4v) is 3.47. The highest BCUT2D eigenvalue weighted by Gasteiger charge is 2.35. The Morgan fingerprint density at radius 2 is 2.15 bits per heavy atom. The number of fused-ring (bicyclic) bond motifs is 1. The van der Waals surface area contributed by atoms with Crippen molar-refractivity contribution in [3.05, 3.63) is 17.6 Å². The van der Waals surface area contributed by atoms with Gasteiger partial charge in [0.15, 0.2) is 0 Å². The quantitative estimate of drug-likeness (QED) is 0.786. The summed E-state index contributed by atoms with van der Waals surface area (Å²) in [4.78, 5) is 11.4. The highest BCUT2D eigenvalue weighted by atomic mass is 35.5. The first kappa shape index (κ1) is 14.1. The zero-order chi connectivity index (χ0) is 14.2. The Hall–Kier alpha value is -0.870. The van der Waals surface area contributed by atoms with Gasteiger partial charge in [0.25, 0.3) is 0 Å². The minimum Gasteiger partial charge on any atom is -0.367 e. The molecule has 5 heteroatoms.